The van der Waals surface area contributed by atoms with Crippen LogP contribution in [-0.2, 0) is 14.8 Å². The van der Waals surface area contributed by atoms with E-state index in [1.807, 2.05) is 0 Å². The fourth-order valence-corrected chi connectivity index (χ4v) is 2.75. The maximum Gasteiger partial charge on any atom is 0.243 e. The molecule has 108 valence electrons. The van der Waals surface area contributed by atoms with Crippen LogP contribution in [0, 0.1) is 5.92 Å². The van der Waals surface area contributed by atoms with E-state index in [0.29, 0.717) is 19.1 Å². The fraction of sp³-hybridized carbons (Fsp3) is 0.583. The van der Waals surface area contributed by atoms with Crippen LogP contribution in [0.2, 0.25) is 5.02 Å². The van der Waals surface area contributed by atoms with Gasteiger partial charge in [-0.1, -0.05) is 25.4 Å². The zero-order chi connectivity index (χ0) is 14.3. The van der Waals surface area contributed by atoms with Gasteiger partial charge in [-0.3, -0.25) is 4.98 Å². The molecule has 0 saturated heterocycles. The zero-order valence-corrected chi connectivity index (χ0v) is 12.7. The SMILES string of the molecule is CC(C)CCOCCNS(=O)(=O)c1cnccc1Cl. The fourth-order valence-electron chi connectivity index (χ4n) is 1.31. The molecular weight excluding hydrogens is 288 g/mol. The Hall–Kier alpha value is -0.690. The van der Waals surface area contributed by atoms with Crippen molar-refractivity contribution in [3.63, 3.8) is 0 Å². The van der Waals surface area contributed by atoms with E-state index in [9.17, 15) is 8.42 Å². The van der Waals surface area contributed by atoms with Gasteiger partial charge in [0.05, 0.1) is 11.6 Å². The number of halogens is 1. The van der Waals surface area contributed by atoms with Crippen molar-refractivity contribution in [3.8, 4) is 0 Å². The van der Waals surface area contributed by atoms with Crippen LogP contribution in [0.4, 0.5) is 0 Å². The van der Waals surface area contributed by atoms with Crippen LogP contribution in [-0.4, -0.2) is 33.2 Å². The first-order valence-corrected chi connectivity index (χ1v) is 7.96. The summed E-state index contributed by atoms with van der Waals surface area (Å²) in [5, 5.41) is 0.156. The van der Waals surface area contributed by atoms with Crippen LogP contribution >= 0.6 is 11.6 Å². The molecule has 0 saturated carbocycles. The van der Waals surface area contributed by atoms with Gasteiger partial charge in [0.1, 0.15) is 4.90 Å². The van der Waals surface area contributed by atoms with Gasteiger partial charge in [0, 0.05) is 25.5 Å². The summed E-state index contributed by atoms with van der Waals surface area (Å²) in [5.74, 6) is 0.575. The van der Waals surface area contributed by atoms with Crippen molar-refractivity contribution >= 4 is 21.6 Å². The summed E-state index contributed by atoms with van der Waals surface area (Å²) < 4.78 is 31.6. The Labute approximate surface area is 119 Å². The molecule has 1 heterocycles. The third-order valence-corrected chi connectivity index (χ3v) is 4.33. The van der Waals surface area contributed by atoms with Crippen LogP contribution in [0.5, 0.6) is 0 Å². The van der Waals surface area contributed by atoms with Crippen LogP contribution in [0.3, 0.4) is 0 Å². The van der Waals surface area contributed by atoms with Gasteiger partial charge in [0.2, 0.25) is 10.0 Å². The average Bonchev–Trinajstić information content (AvgIpc) is 2.33. The first-order chi connectivity index (χ1) is 8.93. The topological polar surface area (TPSA) is 68.3 Å². The molecule has 0 aliphatic carbocycles. The van der Waals surface area contributed by atoms with E-state index in [-0.39, 0.29) is 16.5 Å². The summed E-state index contributed by atoms with van der Waals surface area (Å²) in [6, 6.07) is 1.44. The quantitative estimate of drug-likeness (QED) is 0.747. The number of aromatic nitrogens is 1. The number of nitrogens with one attached hydrogen (secondary N) is 1. The lowest BCUT2D eigenvalue weighted by Gasteiger charge is -2.09. The predicted molar refractivity (Wildman–Crippen MR) is 74.7 cm³/mol. The largest absolute Gasteiger partial charge is 0.380 e. The standard InChI is InChI=1S/C12H19ClN2O3S/c1-10(2)4-7-18-8-6-15-19(16,17)12-9-14-5-3-11(12)13/h3,5,9-10,15H,4,6-8H2,1-2H3. The smallest absolute Gasteiger partial charge is 0.243 e. The van der Waals surface area contributed by atoms with Crippen molar-refractivity contribution in [3.05, 3.63) is 23.5 Å². The molecule has 19 heavy (non-hydrogen) atoms. The zero-order valence-electron chi connectivity index (χ0n) is 11.1. The molecule has 0 amide bonds. The van der Waals surface area contributed by atoms with Gasteiger partial charge >= 0.3 is 0 Å². The number of sulfonamides is 1. The maximum atomic E-state index is 11.9. The second kappa shape index (κ2) is 7.79. The Kier molecular flexibility index (Phi) is 6.71. The minimum Gasteiger partial charge on any atom is -0.380 e. The van der Waals surface area contributed by atoms with E-state index in [4.69, 9.17) is 16.3 Å². The number of pyridine rings is 1. The molecule has 1 aromatic rings. The van der Waals surface area contributed by atoms with E-state index in [1.165, 1.54) is 18.5 Å². The van der Waals surface area contributed by atoms with Crippen LogP contribution in [0.25, 0.3) is 0 Å². The highest BCUT2D eigenvalue weighted by atomic mass is 35.5. The molecule has 1 aromatic heterocycles. The first kappa shape index (κ1) is 16.4. The van der Waals surface area contributed by atoms with E-state index in [2.05, 4.69) is 23.6 Å². The molecule has 0 aliphatic rings. The van der Waals surface area contributed by atoms with Crippen molar-refractivity contribution in [1.82, 2.24) is 9.71 Å². The number of hydrogen-bond donors (Lipinski definition) is 1. The molecule has 0 fully saturated rings. The van der Waals surface area contributed by atoms with Crippen LogP contribution in [0.15, 0.2) is 23.4 Å². The monoisotopic (exact) mass is 306 g/mol. The summed E-state index contributed by atoms with van der Waals surface area (Å²) in [5.41, 5.74) is 0. The van der Waals surface area contributed by atoms with E-state index in [1.54, 1.807) is 0 Å². The number of ether oxygens (including phenoxy) is 1. The average molecular weight is 307 g/mol. The molecule has 0 atom stereocenters. The molecule has 0 spiro atoms. The highest BCUT2D eigenvalue weighted by molar-refractivity contribution is 7.89. The molecule has 1 rings (SSSR count). The van der Waals surface area contributed by atoms with Crippen molar-refractivity contribution in [2.24, 2.45) is 5.92 Å². The molecule has 0 radical (unpaired) electrons. The lowest BCUT2D eigenvalue weighted by Crippen LogP contribution is -2.28. The normalized spacial score (nSPS) is 12.0. The van der Waals surface area contributed by atoms with Crippen LogP contribution in [0.1, 0.15) is 20.3 Å². The maximum absolute atomic E-state index is 11.9. The second-order valence-electron chi connectivity index (χ2n) is 4.50. The predicted octanol–water partition coefficient (Wildman–Crippen LogP) is 2.08. The highest BCUT2D eigenvalue weighted by Crippen LogP contribution is 2.18. The van der Waals surface area contributed by atoms with Gasteiger partial charge in [-0.25, -0.2) is 13.1 Å². The van der Waals surface area contributed by atoms with E-state index >= 15 is 0 Å². The summed E-state index contributed by atoms with van der Waals surface area (Å²) >= 11 is 5.82. The number of nitrogens with zero attached hydrogens (tertiary/aromatic N) is 1. The van der Waals surface area contributed by atoms with E-state index < -0.39 is 10.0 Å². The second-order valence-corrected chi connectivity index (χ2v) is 6.64. The highest BCUT2D eigenvalue weighted by Gasteiger charge is 2.17. The van der Waals surface area contributed by atoms with Gasteiger partial charge in [-0.2, -0.15) is 0 Å². The number of rotatable bonds is 8. The van der Waals surface area contributed by atoms with Gasteiger partial charge < -0.3 is 4.74 Å². The van der Waals surface area contributed by atoms with E-state index in [0.717, 1.165) is 6.42 Å². The Morgan fingerprint density at radius 1 is 1.42 bits per heavy atom. The van der Waals surface area contributed by atoms with Crippen LogP contribution < -0.4 is 4.72 Å². The lowest BCUT2D eigenvalue weighted by atomic mass is 10.1. The van der Waals surface area contributed by atoms with Gasteiger partial charge in [0.15, 0.2) is 0 Å². The molecule has 0 aliphatic heterocycles. The summed E-state index contributed by atoms with van der Waals surface area (Å²) in [6.07, 6.45) is 3.63. The molecule has 0 aromatic carbocycles. The molecule has 5 nitrogen and oxygen atoms in total. The third kappa shape index (κ3) is 5.86. The Morgan fingerprint density at radius 2 is 2.16 bits per heavy atom. The Balaban J connectivity index is 2.38. The minimum absolute atomic E-state index is 0.0150. The van der Waals surface area contributed by atoms with Crippen molar-refractivity contribution in [2.45, 2.75) is 25.2 Å². The van der Waals surface area contributed by atoms with Gasteiger partial charge in [0.25, 0.3) is 0 Å². The summed E-state index contributed by atoms with van der Waals surface area (Å²) in [6.45, 7) is 5.40. The third-order valence-electron chi connectivity index (χ3n) is 2.40. The van der Waals surface area contributed by atoms with Gasteiger partial charge in [-0.05, 0) is 18.4 Å². The van der Waals surface area contributed by atoms with Crippen molar-refractivity contribution < 1.29 is 13.2 Å². The molecule has 0 unspecified atom stereocenters. The Morgan fingerprint density at radius 3 is 2.79 bits per heavy atom. The minimum atomic E-state index is -3.62. The summed E-state index contributed by atoms with van der Waals surface area (Å²) in [4.78, 5) is 3.74. The Bertz CT molecular complexity index is 492. The number of hydrogen-bond acceptors (Lipinski definition) is 4. The van der Waals surface area contributed by atoms with Crippen molar-refractivity contribution in [1.29, 1.82) is 0 Å². The van der Waals surface area contributed by atoms with Gasteiger partial charge in [-0.15, -0.1) is 0 Å². The molecular formula is C12H19ClN2O3S. The lowest BCUT2D eigenvalue weighted by molar-refractivity contribution is 0.128. The molecule has 7 heteroatoms. The molecule has 0 bridgehead atoms. The molecule has 1 N–H and O–H groups in total. The summed E-state index contributed by atoms with van der Waals surface area (Å²) in [7, 11) is -3.62. The first-order valence-electron chi connectivity index (χ1n) is 6.10. The van der Waals surface area contributed by atoms with Crippen molar-refractivity contribution in [2.75, 3.05) is 19.8 Å².